The largest absolute Gasteiger partial charge is 0.490 e. The van der Waals surface area contributed by atoms with Crippen molar-refractivity contribution in [1.82, 2.24) is 5.32 Å². The Morgan fingerprint density at radius 1 is 1.45 bits per heavy atom. The van der Waals surface area contributed by atoms with E-state index in [9.17, 15) is 5.11 Å². The Morgan fingerprint density at radius 3 is 2.90 bits per heavy atom. The molecule has 0 heterocycles. The predicted octanol–water partition coefficient (Wildman–Crippen LogP) is 3.28. The Hall–Kier alpha value is -0.580. The maximum absolute atomic E-state index is 10.00. The van der Waals surface area contributed by atoms with E-state index in [-0.39, 0.29) is 0 Å². The molecule has 0 amide bonds. The molecule has 0 saturated heterocycles. The fourth-order valence-electron chi connectivity index (χ4n) is 2.70. The van der Waals surface area contributed by atoms with Gasteiger partial charge < -0.3 is 15.2 Å². The zero-order valence-electron chi connectivity index (χ0n) is 12.2. The normalized spacial score (nSPS) is 23.8. The summed E-state index contributed by atoms with van der Waals surface area (Å²) in [6.45, 7) is 5.22. The van der Waals surface area contributed by atoms with Crippen LogP contribution in [0.4, 0.5) is 0 Å². The van der Waals surface area contributed by atoms with Crippen molar-refractivity contribution in [3.8, 4) is 5.75 Å². The molecule has 1 saturated carbocycles. The van der Waals surface area contributed by atoms with E-state index in [4.69, 9.17) is 4.74 Å². The molecule has 1 aliphatic carbocycles. The fourth-order valence-corrected chi connectivity index (χ4v) is 3.31. The van der Waals surface area contributed by atoms with Crippen molar-refractivity contribution in [2.45, 2.75) is 45.3 Å². The van der Waals surface area contributed by atoms with Gasteiger partial charge in [0.2, 0.25) is 0 Å². The van der Waals surface area contributed by atoms with Crippen LogP contribution in [0.1, 0.15) is 31.7 Å². The van der Waals surface area contributed by atoms with Crippen molar-refractivity contribution >= 4 is 15.9 Å². The third-order valence-electron chi connectivity index (χ3n) is 4.00. The zero-order chi connectivity index (χ0) is 14.5. The molecule has 1 fully saturated rings. The Kier molecular flexibility index (Phi) is 5.87. The molecular weight excluding hydrogens is 318 g/mol. The Morgan fingerprint density at radius 2 is 2.25 bits per heavy atom. The third-order valence-corrected chi connectivity index (χ3v) is 4.62. The van der Waals surface area contributed by atoms with Crippen LogP contribution in [-0.4, -0.2) is 30.4 Å². The highest BCUT2D eigenvalue weighted by molar-refractivity contribution is 9.10. The highest BCUT2D eigenvalue weighted by atomic mass is 79.9. The lowest BCUT2D eigenvalue weighted by Gasteiger charge is -2.20. The van der Waals surface area contributed by atoms with Gasteiger partial charge in [-0.15, -0.1) is 0 Å². The van der Waals surface area contributed by atoms with Gasteiger partial charge >= 0.3 is 0 Å². The highest BCUT2D eigenvalue weighted by Gasteiger charge is 2.23. The first-order valence-corrected chi connectivity index (χ1v) is 8.16. The quantitative estimate of drug-likeness (QED) is 0.834. The van der Waals surface area contributed by atoms with E-state index < -0.39 is 6.10 Å². The van der Waals surface area contributed by atoms with Crippen LogP contribution in [0.2, 0.25) is 0 Å². The first-order valence-electron chi connectivity index (χ1n) is 7.36. The molecule has 0 radical (unpaired) electrons. The van der Waals surface area contributed by atoms with Gasteiger partial charge in [0, 0.05) is 12.6 Å². The number of hydrogen-bond acceptors (Lipinski definition) is 3. The first kappa shape index (κ1) is 15.8. The lowest BCUT2D eigenvalue weighted by Crippen LogP contribution is -2.39. The van der Waals surface area contributed by atoms with Crippen LogP contribution < -0.4 is 10.1 Å². The van der Waals surface area contributed by atoms with E-state index in [1.165, 1.54) is 24.8 Å². The van der Waals surface area contributed by atoms with Crippen LogP contribution in [0.3, 0.4) is 0 Å². The van der Waals surface area contributed by atoms with Gasteiger partial charge in [-0.3, -0.25) is 0 Å². The minimum Gasteiger partial charge on any atom is -0.490 e. The molecule has 0 bridgehead atoms. The molecule has 2 rings (SSSR count). The summed E-state index contributed by atoms with van der Waals surface area (Å²) in [4.78, 5) is 0. The van der Waals surface area contributed by atoms with E-state index in [1.807, 2.05) is 25.1 Å². The molecule has 20 heavy (non-hydrogen) atoms. The van der Waals surface area contributed by atoms with Crippen LogP contribution in [0.25, 0.3) is 0 Å². The summed E-state index contributed by atoms with van der Waals surface area (Å²) in [7, 11) is 0. The lowest BCUT2D eigenvalue weighted by molar-refractivity contribution is 0.102. The summed E-state index contributed by atoms with van der Waals surface area (Å²) in [5.41, 5.74) is 1.18. The van der Waals surface area contributed by atoms with Crippen molar-refractivity contribution in [3.05, 3.63) is 28.2 Å². The molecule has 3 unspecified atom stereocenters. The summed E-state index contributed by atoms with van der Waals surface area (Å²) in [6.07, 6.45) is 3.33. The number of hydrogen-bond donors (Lipinski definition) is 2. The van der Waals surface area contributed by atoms with Crippen molar-refractivity contribution in [3.63, 3.8) is 0 Å². The van der Waals surface area contributed by atoms with Gasteiger partial charge in [0.05, 0.1) is 4.47 Å². The third kappa shape index (κ3) is 4.47. The van der Waals surface area contributed by atoms with Crippen LogP contribution in [-0.2, 0) is 0 Å². The number of halogens is 1. The van der Waals surface area contributed by atoms with E-state index in [0.29, 0.717) is 19.2 Å². The SMILES string of the molecule is Cc1ccc(OCC(O)CNC2CCCC2C)c(Br)c1. The Bertz CT molecular complexity index is 438. The number of aliphatic hydroxyl groups is 1. The van der Waals surface area contributed by atoms with Gasteiger partial charge in [0.15, 0.2) is 0 Å². The highest BCUT2D eigenvalue weighted by Crippen LogP contribution is 2.26. The second-order valence-corrected chi connectivity index (χ2v) is 6.68. The molecule has 2 N–H and O–H groups in total. The molecule has 0 spiro atoms. The van der Waals surface area contributed by atoms with Crippen LogP contribution >= 0.6 is 15.9 Å². The van der Waals surface area contributed by atoms with E-state index >= 15 is 0 Å². The smallest absolute Gasteiger partial charge is 0.133 e. The molecule has 0 aromatic heterocycles. The van der Waals surface area contributed by atoms with E-state index in [1.54, 1.807) is 0 Å². The van der Waals surface area contributed by atoms with Gasteiger partial charge in [-0.25, -0.2) is 0 Å². The molecular formula is C16H24BrNO2. The number of rotatable bonds is 6. The molecule has 1 aromatic rings. The number of aryl methyl sites for hydroxylation is 1. The topological polar surface area (TPSA) is 41.5 Å². The maximum atomic E-state index is 10.00. The van der Waals surface area contributed by atoms with Gasteiger partial charge in [0.25, 0.3) is 0 Å². The first-order chi connectivity index (χ1) is 9.56. The molecule has 112 valence electrons. The maximum Gasteiger partial charge on any atom is 0.133 e. The summed E-state index contributed by atoms with van der Waals surface area (Å²) in [6, 6.07) is 6.50. The van der Waals surface area contributed by atoms with E-state index in [0.717, 1.165) is 16.1 Å². The Labute approximate surface area is 129 Å². The molecule has 4 heteroatoms. The minimum absolute atomic E-state index is 0.315. The van der Waals surface area contributed by atoms with Crippen molar-refractivity contribution in [2.75, 3.05) is 13.2 Å². The zero-order valence-corrected chi connectivity index (χ0v) is 13.8. The minimum atomic E-state index is -0.476. The van der Waals surface area contributed by atoms with Gasteiger partial charge in [-0.1, -0.05) is 19.4 Å². The van der Waals surface area contributed by atoms with Crippen molar-refractivity contribution in [1.29, 1.82) is 0 Å². The number of ether oxygens (including phenoxy) is 1. The second kappa shape index (κ2) is 7.43. The lowest BCUT2D eigenvalue weighted by atomic mass is 10.1. The number of benzene rings is 1. The monoisotopic (exact) mass is 341 g/mol. The average molecular weight is 342 g/mol. The van der Waals surface area contributed by atoms with Crippen LogP contribution in [0.15, 0.2) is 22.7 Å². The standard InChI is InChI=1S/C16H24BrNO2/c1-11-6-7-16(14(17)8-11)20-10-13(19)9-18-15-5-3-4-12(15)2/h6-8,12-13,15,18-19H,3-5,9-10H2,1-2H3. The molecule has 3 atom stereocenters. The average Bonchev–Trinajstić information content (AvgIpc) is 2.81. The second-order valence-electron chi connectivity index (χ2n) is 5.82. The summed E-state index contributed by atoms with van der Waals surface area (Å²) >= 11 is 3.48. The summed E-state index contributed by atoms with van der Waals surface area (Å²) in [5.74, 6) is 1.50. The Balaban J connectivity index is 1.73. The molecule has 0 aliphatic heterocycles. The number of nitrogens with one attached hydrogen (secondary N) is 1. The van der Waals surface area contributed by atoms with Gasteiger partial charge in [-0.2, -0.15) is 0 Å². The van der Waals surface area contributed by atoms with Crippen LogP contribution in [0, 0.1) is 12.8 Å². The molecule has 1 aromatic carbocycles. The summed E-state index contributed by atoms with van der Waals surface area (Å²) in [5, 5.41) is 13.4. The van der Waals surface area contributed by atoms with E-state index in [2.05, 4.69) is 28.2 Å². The number of aliphatic hydroxyl groups excluding tert-OH is 1. The summed E-state index contributed by atoms with van der Waals surface area (Å²) < 4.78 is 6.59. The van der Waals surface area contributed by atoms with Gasteiger partial charge in [0.1, 0.15) is 18.5 Å². The predicted molar refractivity (Wildman–Crippen MR) is 85.2 cm³/mol. The van der Waals surface area contributed by atoms with Gasteiger partial charge in [-0.05, 0) is 59.3 Å². The molecule has 3 nitrogen and oxygen atoms in total. The molecule has 1 aliphatic rings. The van der Waals surface area contributed by atoms with Crippen molar-refractivity contribution in [2.24, 2.45) is 5.92 Å². The fraction of sp³-hybridized carbons (Fsp3) is 0.625. The van der Waals surface area contributed by atoms with Crippen molar-refractivity contribution < 1.29 is 9.84 Å². The van der Waals surface area contributed by atoms with Crippen LogP contribution in [0.5, 0.6) is 5.75 Å².